The van der Waals surface area contributed by atoms with Gasteiger partial charge in [0.05, 0.1) is 50.8 Å². The minimum absolute atomic E-state index is 0.00836. The molecule has 2 saturated heterocycles. The van der Waals surface area contributed by atoms with Crippen molar-refractivity contribution in [3.63, 3.8) is 0 Å². The number of amides is 1. The number of aliphatic hydroxyl groups is 4. The van der Waals surface area contributed by atoms with Crippen molar-refractivity contribution >= 4 is 29.2 Å². The zero-order valence-electron chi connectivity index (χ0n) is 45.3. The van der Waals surface area contributed by atoms with Gasteiger partial charge in [-0.3, -0.25) is 19.2 Å². The third-order valence-corrected chi connectivity index (χ3v) is 15.5. The Morgan fingerprint density at radius 1 is 0.849 bits per heavy atom. The van der Waals surface area contributed by atoms with E-state index in [0.717, 1.165) is 12.0 Å². The van der Waals surface area contributed by atoms with E-state index in [1.54, 1.807) is 48.0 Å². The molecule has 0 aromatic rings. The number of nitrogens with zero attached hydrogens (tertiary/aromatic N) is 1. The van der Waals surface area contributed by atoms with Crippen molar-refractivity contribution < 1.29 is 77.6 Å². The van der Waals surface area contributed by atoms with Gasteiger partial charge in [-0.25, -0.2) is 4.79 Å². The number of aliphatic hydroxyl groups excluding tert-OH is 3. The van der Waals surface area contributed by atoms with Crippen LogP contribution in [0.4, 0.5) is 0 Å². The van der Waals surface area contributed by atoms with Gasteiger partial charge in [-0.1, -0.05) is 71.1 Å². The fraction of sp³-hybridized carbons (Fsp3) is 0.768. The number of esters is 1. The summed E-state index contributed by atoms with van der Waals surface area (Å²) < 4.78 is 41.4. The lowest BCUT2D eigenvalue weighted by molar-refractivity contribution is -0.266. The second kappa shape index (κ2) is 30.3. The molecule has 1 saturated carbocycles. The van der Waals surface area contributed by atoms with E-state index in [1.165, 1.54) is 12.0 Å². The predicted molar refractivity (Wildman–Crippen MR) is 273 cm³/mol. The molecule has 1 aliphatic carbocycles. The molecule has 73 heavy (non-hydrogen) atoms. The van der Waals surface area contributed by atoms with E-state index in [1.807, 2.05) is 51.2 Å². The normalized spacial score (nSPS) is 36.6. The lowest BCUT2D eigenvalue weighted by Gasteiger charge is -2.43. The summed E-state index contributed by atoms with van der Waals surface area (Å²) in [6.07, 6.45) is 10.00. The van der Waals surface area contributed by atoms with Gasteiger partial charge < -0.3 is 58.5 Å². The highest BCUT2D eigenvalue weighted by Gasteiger charge is 2.53. The number of allylic oxidation sites excluding steroid dienone is 6. The summed E-state index contributed by atoms with van der Waals surface area (Å²) in [6, 6.07) is -1.18. The summed E-state index contributed by atoms with van der Waals surface area (Å²) in [5.74, 6) is -8.33. The summed E-state index contributed by atoms with van der Waals surface area (Å²) in [7, 11) is 4.53. The SMILES string of the molecule is COCCOC1C[C@@H]2CC[C@@H](C)[C@@](O)(O2)C(=O)C(=O)N2CCCC[C@H]2C(=O)O[C@H]([C@H](C)C[C@@H]2CC[C@@H](OC[C@@H](O)CO)[C@H](OC)C2)CC(=O)[C@H](C)/C=C(\C)[C@@H](O)[C@@H](OC)C(=O)[C@H](C)C[C@H](C)/C=C/C=CC=C1C. The van der Waals surface area contributed by atoms with E-state index in [-0.39, 0.29) is 80.5 Å². The molecule has 4 aliphatic rings. The van der Waals surface area contributed by atoms with Gasteiger partial charge in [0.1, 0.15) is 36.2 Å². The number of hydrogen-bond acceptors (Lipinski definition) is 16. The number of piperidine rings is 1. The summed E-state index contributed by atoms with van der Waals surface area (Å²) in [5.41, 5.74) is 1.22. The Balaban J connectivity index is 1.71. The van der Waals surface area contributed by atoms with Crippen LogP contribution in [-0.4, -0.2) is 170 Å². The van der Waals surface area contributed by atoms with Crippen LogP contribution in [0.1, 0.15) is 126 Å². The minimum Gasteiger partial charge on any atom is -0.460 e. The Labute approximate surface area is 434 Å². The molecule has 414 valence electrons. The Hall–Kier alpha value is -3.49. The van der Waals surface area contributed by atoms with Crippen LogP contribution in [0.15, 0.2) is 47.6 Å². The predicted octanol–water partition coefficient (Wildman–Crippen LogP) is 5.57. The fourth-order valence-corrected chi connectivity index (χ4v) is 10.8. The molecule has 1 unspecified atom stereocenters. The molecule has 3 aliphatic heterocycles. The summed E-state index contributed by atoms with van der Waals surface area (Å²) >= 11 is 0. The highest BCUT2D eigenvalue weighted by atomic mass is 16.6. The number of carbonyl (C=O) groups is 5. The number of hydrogen-bond donors (Lipinski definition) is 4. The second-order valence-electron chi connectivity index (χ2n) is 21.4. The quantitative estimate of drug-likeness (QED) is 0.0764. The van der Waals surface area contributed by atoms with Gasteiger partial charge in [0.25, 0.3) is 11.7 Å². The van der Waals surface area contributed by atoms with E-state index in [0.29, 0.717) is 63.5 Å². The molecular weight excluding hydrogens is 943 g/mol. The molecule has 4 rings (SSSR count). The van der Waals surface area contributed by atoms with Crippen LogP contribution < -0.4 is 0 Å². The summed E-state index contributed by atoms with van der Waals surface area (Å²) in [4.78, 5) is 72.6. The number of cyclic esters (lactones) is 1. The zero-order valence-corrected chi connectivity index (χ0v) is 45.3. The van der Waals surface area contributed by atoms with E-state index < -0.39 is 90.5 Å². The van der Waals surface area contributed by atoms with Gasteiger partial charge in [-0.15, -0.1) is 0 Å². The highest BCUT2D eigenvalue weighted by Crippen LogP contribution is 2.38. The van der Waals surface area contributed by atoms with Crippen molar-refractivity contribution in [3.05, 3.63) is 47.6 Å². The van der Waals surface area contributed by atoms with Gasteiger partial charge in [0.15, 0.2) is 5.78 Å². The average Bonchev–Trinajstić information content (AvgIpc) is 3.37. The first-order valence-electron chi connectivity index (χ1n) is 26.7. The number of fused-ring (bicyclic) bond motifs is 3. The maximum Gasteiger partial charge on any atom is 0.329 e. The maximum absolute atomic E-state index is 14.6. The van der Waals surface area contributed by atoms with Gasteiger partial charge in [0.2, 0.25) is 5.79 Å². The molecule has 3 heterocycles. The highest BCUT2D eigenvalue weighted by molar-refractivity contribution is 6.39. The largest absolute Gasteiger partial charge is 0.460 e. The van der Waals surface area contributed by atoms with E-state index in [9.17, 15) is 44.4 Å². The summed E-state index contributed by atoms with van der Waals surface area (Å²) in [5, 5.41) is 42.8. The first-order chi connectivity index (χ1) is 34.7. The molecule has 0 aromatic carbocycles. The number of carbonyl (C=O) groups excluding carboxylic acids is 5. The van der Waals surface area contributed by atoms with Gasteiger partial charge in [0, 0.05) is 58.5 Å². The van der Waals surface area contributed by atoms with Crippen LogP contribution in [0.5, 0.6) is 0 Å². The summed E-state index contributed by atoms with van der Waals surface area (Å²) in [6.45, 7) is 12.8. The molecule has 4 N–H and O–H groups in total. The van der Waals surface area contributed by atoms with Gasteiger partial charge in [-0.05, 0) is 107 Å². The number of methoxy groups -OCH3 is 3. The molecule has 0 aromatic heterocycles. The van der Waals surface area contributed by atoms with Gasteiger partial charge in [-0.2, -0.15) is 0 Å². The van der Waals surface area contributed by atoms with Crippen molar-refractivity contribution in [1.29, 1.82) is 0 Å². The molecule has 17 nitrogen and oxygen atoms in total. The van der Waals surface area contributed by atoms with Crippen molar-refractivity contribution in [3.8, 4) is 0 Å². The monoisotopic (exact) mass is 1030 g/mol. The van der Waals surface area contributed by atoms with Crippen molar-refractivity contribution in [2.24, 2.45) is 35.5 Å². The molecule has 0 radical (unpaired) electrons. The number of ether oxygens (including phenoxy) is 7. The van der Waals surface area contributed by atoms with E-state index in [2.05, 4.69) is 0 Å². The fourth-order valence-electron chi connectivity index (χ4n) is 10.8. The van der Waals surface area contributed by atoms with Crippen molar-refractivity contribution in [2.75, 3.05) is 54.3 Å². The number of Topliss-reactive ketones (excluding diaryl/α,β-unsaturated/α-hetero) is 3. The lowest BCUT2D eigenvalue weighted by atomic mass is 9.78. The zero-order chi connectivity index (χ0) is 54.0. The molecule has 2 bridgehead atoms. The lowest BCUT2D eigenvalue weighted by Crippen LogP contribution is -2.61. The first-order valence-corrected chi connectivity index (χ1v) is 26.7. The molecule has 16 atom stereocenters. The third-order valence-electron chi connectivity index (χ3n) is 15.5. The molecule has 1 amide bonds. The third kappa shape index (κ3) is 17.8. The topological polar surface area (TPSA) is 234 Å². The van der Waals surface area contributed by atoms with Crippen LogP contribution in [0, 0.1) is 35.5 Å². The first kappa shape index (κ1) is 62.1. The second-order valence-corrected chi connectivity index (χ2v) is 21.4. The molecule has 3 fully saturated rings. The van der Waals surface area contributed by atoms with E-state index >= 15 is 0 Å². The van der Waals surface area contributed by atoms with Crippen LogP contribution in [0.2, 0.25) is 0 Å². The Morgan fingerprint density at radius 3 is 2.27 bits per heavy atom. The van der Waals surface area contributed by atoms with Crippen LogP contribution >= 0.6 is 0 Å². The Kier molecular flexibility index (Phi) is 25.8. The Morgan fingerprint density at radius 2 is 1.59 bits per heavy atom. The average molecular weight is 1030 g/mol. The van der Waals surface area contributed by atoms with Crippen molar-refractivity contribution in [1.82, 2.24) is 4.90 Å². The molecular formula is C56H89NO16. The number of ketones is 3. The van der Waals surface area contributed by atoms with Crippen LogP contribution in [0.3, 0.4) is 0 Å². The molecule has 17 heteroatoms. The Bertz CT molecular complexity index is 1920. The van der Waals surface area contributed by atoms with E-state index in [4.69, 9.17) is 33.2 Å². The van der Waals surface area contributed by atoms with Crippen molar-refractivity contribution in [2.45, 2.75) is 186 Å². The smallest absolute Gasteiger partial charge is 0.329 e. The van der Waals surface area contributed by atoms with Gasteiger partial charge >= 0.3 is 5.97 Å². The standard InChI is InChI=1S/C56H89NO16/c1-34-16-12-11-13-17-35(2)47(70-25-24-67-8)30-43-21-19-40(7)56(66,73-43)53(63)54(64)57-23-15-14-18-44(57)55(65)72-48(37(4)28-41-20-22-46(49(29-41)68-9)71-33-42(59)32-58)31-45(60)36(3)27-39(6)51(62)52(69-10)50(61)38(5)26-34/h11-13,16-17,27,34,36-38,40-44,46-49,51-52,58-59,62,66H,14-15,18-26,28-33H2,1-10H3/b13-11?,16-12+,35-17?,39-27+/t34-,36-,37-,38-,40-,41+,42+,43+,44+,46-,47?,48+,49-,51-,52+,56-/m1/s1. The number of rotatable bonds is 13. The van der Waals surface area contributed by atoms with Crippen LogP contribution in [-0.2, 0) is 57.1 Å². The minimum atomic E-state index is -2.48. The maximum atomic E-state index is 14.6. The van der Waals surface area contributed by atoms with Crippen LogP contribution in [0.25, 0.3) is 0 Å². The molecule has 0 spiro atoms.